The predicted molar refractivity (Wildman–Crippen MR) is 74.8 cm³/mol. The number of carboxylic acid groups (broad SMARTS) is 1. The molecule has 0 spiro atoms. The van der Waals surface area contributed by atoms with Crippen molar-refractivity contribution >= 4 is 22.8 Å². The lowest BCUT2D eigenvalue weighted by Gasteiger charge is -2.11. The van der Waals surface area contributed by atoms with Crippen LogP contribution in [0, 0.1) is 0 Å². The molecule has 2 rings (SSSR count). The zero-order valence-electron chi connectivity index (χ0n) is 11.5. The normalized spacial score (nSPS) is 12.3. The Balaban J connectivity index is 2.32. The smallest absolute Gasteiger partial charge is 0.326 e. The van der Waals surface area contributed by atoms with Gasteiger partial charge in [0, 0.05) is 5.39 Å². The summed E-state index contributed by atoms with van der Waals surface area (Å²) in [6.45, 7) is 3.74. The van der Waals surface area contributed by atoms with Crippen molar-refractivity contribution in [2.24, 2.45) is 0 Å². The van der Waals surface area contributed by atoms with Crippen LogP contribution in [0.15, 0.2) is 28.9 Å². The molecule has 5 heteroatoms. The maximum atomic E-state index is 12.2. The van der Waals surface area contributed by atoms with Crippen LogP contribution in [-0.2, 0) is 11.2 Å². The molecular weight excluding hydrogens is 258 g/mol. The quantitative estimate of drug-likeness (QED) is 0.879. The van der Waals surface area contributed by atoms with Gasteiger partial charge >= 0.3 is 5.97 Å². The molecule has 1 aromatic carbocycles. The SMILES string of the molecule is CCc1ccc2occ(C(=O)NC(CC)C(=O)O)c2c1. The Labute approximate surface area is 116 Å². The summed E-state index contributed by atoms with van der Waals surface area (Å²) in [6, 6.07) is 4.77. The first-order valence-electron chi connectivity index (χ1n) is 6.60. The van der Waals surface area contributed by atoms with Crippen molar-refractivity contribution in [1.82, 2.24) is 5.32 Å². The molecule has 0 aliphatic rings. The van der Waals surface area contributed by atoms with Crippen molar-refractivity contribution in [3.63, 3.8) is 0 Å². The maximum absolute atomic E-state index is 12.2. The van der Waals surface area contributed by atoms with Crippen LogP contribution in [0.25, 0.3) is 11.0 Å². The highest BCUT2D eigenvalue weighted by atomic mass is 16.4. The molecule has 0 aliphatic heterocycles. The Kier molecular flexibility index (Phi) is 4.08. The minimum Gasteiger partial charge on any atom is -0.480 e. The Morgan fingerprint density at radius 1 is 1.35 bits per heavy atom. The zero-order chi connectivity index (χ0) is 14.7. The molecule has 2 N–H and O–H groups in total. The van der Waals surface area contributed by atoms with E-state index in [-0.39, 0.29) is 0 Å². The molecule has 0 fully saturated rings. The van der Waals surface area contributed by atoms with E-state index in [1.165, 1.54) is 6.26 Å². The molecule has 1 atom stereocenters. The van der Waals surface area contributed by atoms with Gasteiger partial charge in [-0.3, -0.25) is 4.79 Å². The Bertz CT molecular complexity index is 644. The fourth-order valence-corrected chi connectivity index (χ4v) is 2.05. The molecule has 0 bridgehead atoms. The monoisotopic (exact) mass is 275 g/mol. The van der Waals surface area contributed by atoms with E-state index in [0.29, 0.717) is 23.0 Å². The molecule has 20 heavy (non-hydrogen) atoms. The molecule has 0 radical (unpaired) electrons. The predicted octanol–water partition coefficient (Wildman–Crippen LogP) is 2.59. The Morgan fingerprint density at radius 2 is 2.10 bits per heavy atom. The molecule has 1 amide bonds. The summed E-state index contributed by atoms with van der Waals surface area (Å²) in [4.78, 5) is 23.1. The summed E-state index contributed by atoms with van der Waals surface area (Å²) >= 11 is 0. The van der Waals surface area contributed by atoms with Crippen LogP contribution in [0.5, 0.6) is 0 Å². The summed E-state index contributed by atoms with van der Waals surface area (Å²) in [5, 5.41) is 12.2. The molecule has 2 aromatic rings. The number of carboxylic acids is 1. The highest BCUT2D eigenvalue weighted by Crippen LogP contribution is 2.23. The van der Waals surface area contributed by atoms with Crippen molar-refractivity contribution in [3.8, 4) is 0 Å². The first kappa shape index (κ1) is 14.1. The average Bonchev–Trinajstić information content (AvgIpc) is 2.86. The number of fused-ring (bicyclic) bond motifs is 1. The standard InChI is InChI=1S/C15H17NO4/c1-3-9-5-6-13-10(7-9)11(8-20-13)14(17)16-12(4-2)15(18)19/h5-8,12H,3-4H2,1-2H3,(H,16,17)(H,18,19). The lowest BCUT2D eigenvalue weighted by Crippen LogP contribution is -2.40. The van der Waals surface area contributed by atoms with Crippen LogP contribution in [0.4, 0.5) is 0 Å². The van der Waals surface area contributed by atoms with E-state index < -0.39 is 17.9 Å². The fraction of sp³-hybridized carbons (Fsp3) is 0.333. The van der Waals surface area contributed by atoms with Crippen LogP contribution in [0.1, 0.15) is 36.2 Å². The van der Waals surface area contributed by atoms with Gasteiger partial charge in [-0.1, -0.05) is 19.9 Å². The number of carbonyl (C=O) groups is 2. The number of hydrogen-bond donors (Lipinski definition) is 2. The van der Waals surface area contributed by atoms with E-state index in [1.54, 1.807) is 6.92 Å². The van der Waals surface area contributed by atoms with E-state index >= 15 is 0 Å². The molecule has 5 nitrogen and oxygen atoms in total. The maximum Gasteiger partial charge on any atom is 0.326 e. The van der Waals surface area contributed by atoms with E-state index in [9.17, 15) is 9.59 Å². The molecule has 106 valence electrons. The van der Waals surface area contributed by atoms with Gasteiger partial charge in [0.1, 0.15) is 17.9 Å². The van der Waals surface area contributed by atoms with Crippen molar-refractivity contribution in [1.29, 1.82) is 0 Å². The topological polar surface area (TPSA) is 79.5 Å². The van der Waals surface area contributed by atoms with Gasteiger partial charge in [0.05, 0.1) is 5.56 Å². The second-order valence-electron chi connectivity index (χ2n) is 4.61. The van der Waals surface area contributed by atoms with Crippen LogP contribution < -0.4 is 5.32 Å². The number of carbonyl (C=O) groups excluding carboxylic acids is 1. The second-order valence-corrected chi connectivity index (χ2v) is 4.61. The average molecular weight is 275 g/mol. The molecule has 0 saturated heterocycles. The third kappa shape index (κ3) is 2.66. The van der Waals surface area contributed by atoms with Crippen molar-refractivity contribution in [3.05, 3.63) is 35.6 Å². The van der Waals surface area contributed by atoms with Gasteiger partial charge < -0.3 is 14.8 Å². The Morgan fingerprint density at radius 3 is 2.70 bits per heavy atom. The van der Waals surface area contributed by atoms with Crippen LogP contribution >= 0.6 is 0 Å². The number of benzene rings is 1. The summed E-state index contributed by atoms with van der Waals surface area (Å²) in [7, 11) is 0. The van der Waals surface area contributed by atoms with Gasteiger partial charge in [-0.25, -0.2) is 4.79 Å². The van der Waals surface area contributed by atoms with Gasteiger partial charge in [0.2, 0.25) is 0 Å². The van der Waals surface area contributed by atoms with E-state index in [4.69, 9.17) is 9.52 Å². The number of nitrogens with one attached hydrogen (secondary N) is 1. The zero-order valence-corrected chi connectivity index (χ0v) is 11.5. The largest absolute Gasteiger partial charge is 0.480 e. The van der Waals surface area contributed by atoms with Gasteiger partial charge in [-0.15, -0.1) is 0 Å². The molecule has 1 aromatic heterocycles. The van der Waals surface area contributed by atoms with Crippen LogP contribution in [0.3, 0.4) is 0 Å². The highest BCUT2D eigenvalue weighted by molar-refractivity contribution is 6.07. The third-order valence-corrected chi connectivity index (χ3v) is 3.30. The number of aryl methyl sites for hydroxylation is 1. The number of hydrogen-bond acceptors (Lipinski definition) is 3. The van der Waals surface area contributed by atoms with Gasteiger partial charge in [-0.2, -0.15) is 0 Å². The van der Waals surface area contributed by atoms with Gasteiger partial charge in [-0.05, 0) is 30.5 Å². The number of aliphatic carboxylic acids is 1. The molecule has 0 saturated carbocycles. The second kappa shape index (κ2) is 5.77. The summed E-state index contributed by atoms with van der Waals surface area (Å²) in [5.74, 6) is -1.46. The first-order chi connectivity index (χ1) is 9.56. The minimum absolute atomic E-state index is 0.330. The highest BCUT2D eigenvalue weighted by Gasteiger charge is 2.21. The summed E-state index contributed by atoms with van der Waals surface area (Å²) in [5.41, 5.74) is 2.09. The van der Waals surface area contributed by atoms with Crippen molar-refractivity contribution < 1.29 is 19.1 Å². The molecule has 1 heterocycles. The summed E-state index contributed by atoms with van der Waals surface area (Å²) in [6.07, 6.45) is 2.56. The van der Waals surface area contributed by atoms with E-state index in [2.05, 4.69) is 5.32 Å². The lowest BCUT2D eigenvalue weighted by atomic mass is 10.1. The lowest BCUT2D eigenvalue weighted by molar-refractivity contribution is -0.139. The third-order valence-electron chi connectivity index (χ3n) is 3.30. The van der Waals surface area contributed by atoms with Crippen molar-refractivity contribution in [2.45, 2.75) is 32.7 Å². The summed E-state index contributed by atoms with van der Waals surface area (Å²) < 4.78 is 5.34. The first-order valence-corrected chi connectivity index (χ1v) is 6.60. The number of amides is 1. The minimum atomic E-state index is -1.04. The number of rotatable bonds is 5. The molecule has 1 unspecified atom stereocenters. The van der Waals surface area contributed by atoms with Crippen LogP contribution in [-0.4, -0.2) is 23.0 Å². The fourth-order valence-electron chi connectivity index (χ4n) is 2.05. The number of furan rings is 1. The van der Waals surface area contributed by atoms with E-state index in [1.807, 2.05) is 25.1 Å². The molecule has 0 aliphatic carbocycles. The Hall–Kier alpha value is -2.30. The van der Waals surface area contributed by atoms with Gasteiger partial charge in [0.25, 0.3) is 5.91 Å². The van der Waals surface area contributed by atoms with Crippen LogP contribution in [0.2, 0.25) is 0 Å². The molecular formula is C15H17NO4. The van der Waals surface area contributed by atoms with Gasteiger partial charge in [0.15, 0.2) is 0 Å². The van der Waals surface area contributed by atoms with E-state index in [0.717, 1.165) is 12.0 Å². The van der Waals surface area contributed by atoms with Crippen molar-refractivity contribution in [2.75, 3.05) is 0 Å².